The quantitative estimate of drug-likeness (QED) is 0.496. The SMILES string of the molecule is C=C(C(=O)OCC)C(/C=C(\Cl)c1ccc(C)cc1)NS(=O)(=O)c1ccc(C)cc1. The lowest BCUT2D eigenvalue weighted by atomic mass is 10.1. The molecule has 0 amide bonds. The number of carbonyl (C=O) groups excluding carboxylic acids is 1. The van der Waals surface area contributed by atoms with E-state index in [1.165, 1.54) is 18.2 Å². The number of sulfonamides is 1. The Hall–Kier alpha value is -2.41. The number of benzene rings is 2. The van der Waals surface area contributed by atoms with Crippen molar-refractivity contribution >= 4 is 32.6 Å². The van der Waals surface area contributed by atoms with Gasteiger partial charge in [0.2, 0.25) is 10.0 Å². The van der Waals surface area contributed by atoms with E-state index in [1.807, 2.05) is 38.1 Å². The number of esters is 1. The molecule has 0 bridgehead atoms. The summed E-state index contributed by atoms with van der Waals surface area (Å²) in [5.74, 6) is -0.700. The molecule has 2 aromatic rings. The molecular formula is C22H24ClNO4S. The van der Waals surface area contributed by atoms with Crippen LogP contribution in [0.2, 0.25) is 0 Å². The van der Waals surface area contributed by atoms with Gasteiger partial charge in [0, 0.05) is 5.03 Å². The van der Waals surface area contributed by atoms with E-state index in [2.05, 4.69) is 11.3 Å². The fourth-order valence-corrected chi connectivity index (χ4v) is 3.89. The normalized spacial score (nSPS) is 13.0. The van der Waals surface area contributed by atoms with Gasteiger partial charge in [-0.1, -0.05) is 65.7 Å². The highest BCUT2D eigenvalue weighted by Gasteiger charge is 2.25. The predicted molar refractivity (Wildman–Crippen MR) is 116 cm³/mol. The van der Waals surface area contributed by atoms with Gasteiger partial charge in [-0.05, 0) is 44.5 Å². The molecule has 0 heterocycles. The van der Waals surface area contributed by atoms with Crippen molar-refractivity contribution in [1.29, 1.82) is 0 Å². The van der Waals surface area contributed by atoms with Gasteiger partial charge in [-0.25, -0.2) is 13.2 Å². The molecule has 7 heteroatoms. The molecule has 0 saturated heterocycles. The molecule has 0 fully saturated rings. The van der Waals surface area contributed by atoms with Crippen molar-refractivity contribution in [2.45, 2.75) is 31.7 Å². The summed E-state index contributed by atoms with van der Waals surface area (Å²) < 4.78 is 33.1. The van der Waals surface area contributed by atoms with Crippen molar-refractivity contribution in [3.63, 3.8) is 0 Å². The molecule has 0 spiro atoms. The van der Waals surface area contributed by atoms with Gasteiger partial charge >= 0.3 is 5.97 Å². The second-order valence-electron chi connectivity index (χ2n) is 6.54. The van der Waals surface area contributed by atoms with Crippen LogP contribution in [0, 0.1) is 13.8 Å². The van der Waals surface area contributed by atoms with Crippen molar-refractivity contribution in [2.24, 2.45) is 0 Å². The Kier molecular flexibility index (Phi) is 7.79. The van der Waals surface area contributed by atoms with Crippen molar-refractivity contribution in [3.05, 3.63) is 83.4 Å². The zero-order valence-electron chi connectivity index (χ0n) is 16.6. The molecule has 5 nitrogen and oxygen atoms in total. The Morgan fingerprint density at radius 1 is 1.10 bits per heavy atom. The van der Waals surface area contributed by atoms with Crippen molar-refractivity contribution in [1.82, 2.24) is 4.72 Å². The highest BCUT2D eigenvalue weighted by Crippen LogP contribution is 2.23. The lowest BCUT2D eigenvalue weighted by Gasteiger charge is -2.18. The topological polar surface area (TPSA) is 72.5 Å². The Bertz CT molecular complexity index is 1010. The molecule has 2 rings (SSSR count). The molecular weight excluding hydrogens is 410 g/mol. The summed E-state index contributed by atoms with van der Waals surface area (Å²) in [4.78, 5) is 12.3. The number of hydrogen-bond acceptors (Lipinski definition) is 4. The molecule has 29 heavy (non-hydrogen) atoms. The van der Waals surface area contributed by atoms with Gasteiger partial charge < -0.3 is 4.74 Å². The number of nitrogens with one attached hydrogen (secondary N) is 1. The van der Waals surface area contributed by atoms with E-state index in [-0.39, 0.29) is 22.1 Å². The lowest BCUT2D eigenvalue weighted by molar-refractivity contribution is -0.138. The molecule has 0 aromatic heterocycles. The predicted octanol–water partition coefficient (Wildman–Crippen LogP) is 4.35. The van der Waals surface area contributed by atoms with Gasteiger partial charge in [0.25, 0.3) is 0 Å². The zero-order chi connectivity index (χ0) is 21.6. The fraction of sp³-hybridized carbons (Fsp3) is 0.227. The van der Waals surface area contributed by atoms with Gasteiger partial charge in [0.15, 0.2) is 0 Å². The molecule has 154 valence electrons. The Morgan fingerprint density at radius 2 is 1.62 bits per heavy atom. The highest BCUT2D eigenvalue weighted by molar-refractivity contribution is 7.89. The molecule has 0 aliphatic heterocycles. The first-order valence-electron chi connectivity index (χ1n) is 9.03. The van der Waals surface area contributed by atoms with Crippen molar-refractivity contribution < 1.29 is 17.9 Å². The number of hydrogen-bond donors (Lipinski definition) is 1. The summed E-state index contributed by atoms with van der Waals surface area (Å²) >= 11 is 6.41. The number of carbonyl (C=O) groups is 1. The Morgan fingerprint density at radius 3 is 2.14 bits per heavy atom. The molecule has 1 unspecified atom stereocenters. The summed E-state index contributed by atoms with van der Waals surface area (Å²) in [5.41, 5.74) is 2.62. The monoisotopic (exact) mass is 433 g/mol. The molecule has 0 saturated carbocycles. The Labute approximate surface area is 177 Å². The molecule has 0 aliphatic carbocycles. The zero-order valence-corrected chi connectivity index (χ0v) is 18.2. The average Bonchev–Trinajstić information content (AvgIpc) is 2.67. The van der Waals surface area contributed by atoms with Gasteiger partial charge in [-0.15, -0.1) is 0 Å². The van der Waals surface area contributed by atoms with Crippen LogP contribution >= 0.6 is 11.6 Å². The number of aryl methyl sites for hydroxylation is 2. The van der Waals surface area contributed by atoms with Crippen molar-refractivity contribution in [3.8, 4) is 0 Å². The number of halogens is 1. The van der Waals surface area contributed by atoms with Gasteiger partial charge in [0.1, 0.15) is 0 Å². The first kappa shape index (κ1) is 22.9. The van der Waals surface area contributed by atoms with Crippen LogP contribution < -0.4 is 4.72 Å². The van der Waals surface area contributed by atoms with Crippen LogP contribution in [0.4, 0.5) is 0 Å². The van der Waals surface area contributed by atoms with Crippen LogP contribution in [0.3, 0.4) is 0 Å². The first-order valence-corrected chi connectivity index (χ1v) is 10.9. The van der Waals surface area contributed by atoms with E-state index in [4.69, 9.17) is 16.3 Å². The van der Waals surface area contributed by atoms with E-state index < -0.39 is 22.0 Å². The second kappa shape index (κ2) is 9.87. The average molecular weight is 434 g/mol. The maximum Gasteiger partial charge on any atom is 0.335 e. The molecule has 0 aliphatic rings. The number of rotatable bonds is 8. The van der Waals surface area contributed by atoms with Crippen LogP contribution in [0.1, 0.15) is 23.6 Å². The Balaban J connectivity index is 2.40. The van der Waals surface area contributed by atoms with Crippen LogP contribution in [-0.2, 0) is 19.6 Å². The van der Waals surface area contributed by atoms with Crippen LogP contribution in [0.5, 0.6) is 0 Å². The highest BCUT2D eigenvalue weighted by atomic mass is 35.5. The third-order valence-corrected chi connectivity index (χ3v) is 5.97. The molecule has 2 aromatic carbocycles. The van der Waals surface area contributed by atoms with Crippen molar-refractivity contribution in [2.75, 3.05) is 6.61 Å². The minimum atomic E-state index is -3.93. The summed E-state index contributed by atoms with van der Waals surface area (Å²) in [7, 11) is -3.93. The van der Waals surface area contributed by atoms with Gasteiger partial charge in [-0.2, -0.15) is 4.72 Å². The number of ether oxygens (including phenoxy) is 1. The maximum atomic E-state index is 12.8. The first-order chi connectivity index (χ1) is 13.6. The minimum Gasteiger partial charge on any atom is -0.463 e. The smallest absolute Gasteiger partial charge is 0.335 e. The second-order valence-corrected chi connectivity index (χ2v) is 8.66. The largest absolute Gasteiger partial charge is 0.463 e. The molecule has 1 atom stereocenters. The third kappa shape index (κ3) is 6.29. The van der Waals surface area contributed by atoms with E-state index >= 15 is 0 Å². The molecule has 1 N–H and O–H groups in total. The fourth-order valence-electron chi connectivity index (χ4n) is 2.46. The maximum absolute atomic E-state index is 12.8. The van der Waals surface area contributed by atoms with Gasteiger partial charge in [-0.3, -0.25) is 0 Å². The molecule has 0 radical (unpaired) electrons. The van der Waals surface area contributed by atoms with E-state index in [1.54, 1.807) is 19.1 Å². The van der Waals surface area contributed by atoms with Gasteiger partial charge in [0.05, 0.1) is 23.1 Å². The van der Waals surface area contributed by atoms with Crippen LogP contribution in [0.15, 0.2) is 71.7 Å². The summed E-state index contributed by atoms with van der Waals surface area (Å²) in [6.07, 6.45) is 1.44. The van der Waals surface area contributed by atoms with E-state index in [9.17, 15) is 13.2 Å². The summed E-state index contributed by atoms with van der Waals surface area (Å²) in [6.45, 7) is 9.33. The third-order valence-electron chi connectivity index (χ3n) is 4.17. The lowest BCUT2D eigenvalue weighted by Crippen LogP contribution is -2.37. The standard InChI is InChI=1S/C22H24ClNO4S/c1-5-28-22(25)17(4)21(14-20(23)18-10-6-15(2)7-11-18)24-29(26,27)19-12-8-16(3)9-13-19/h6-14,21,24H,4-5H2,1-3H3/b20-14-. The van der Waals surface area contributed by atoms with Crippen LogP contribution in [-0.4, -0.2) is 27.0 Å². The summed E-state index contributed by atoms with van der Waals surface area (Å²) in [6, 6.07) is 12.7. The minimum absolute atomic E-state index is 0.0622. The summed E-state index contributed by atoms with van der Waals surface area (Å²) in [5, 5.41) is 0.284. The van der Waals surface area contributed by atoms with Crippen LogP contribution in [0.25, 0.3) is 5.03 Å². The van der Waals surface area contributed by atoms with E-state index in [0.717, 1.165) is 11.1 Å². The van der Waals surface area contributed by atoms with E-state index in [0.29, 0.717) is 5.56 Å².